The topological polar surface area (TPSA) is 56.3 Å². The standard InChI is InChI=1S/C22H35N3O3/c1-23(2)11-12-25-18-22(9-7-21(25)27)8-4-10-24(17-22)16-19-5-3-6-20(15-19)28-14-13-26/h3,5-6,15,26H,4,7-14,16-18H2,1-2H3/t22-/m0/s1. The van der Waals surface area contributed by atoms with Crippen molar-refractivity contribution in [1.29, 1.82) is 0 Å². The molecule has 1 aromatic carbocycles. The highest BCUT2D eigenvalue weighted by molar-refractivity contribution is 5.77. The minimum absolute atomic E-state index is 0.0297. The summed E-state index contributed by atoms with van der Waals surface area (Å²) in [5.74, 6) is 1.13. The number of ether oxygens (including phenoxy) is 1. The first kappa shape index (κ1) is 21.1. The minimum atomic E-state index is 0.0297. The molecule has 0 unspecified atom stereocenters. The first-order chi connectivity index (χ1) is 13.5. The fourth-order valence-electron chi connectivity index (χ4n) is 4.56. The molecular weight excluding hydrogens is 354 g/mol. The summed E-state index contributed by atoms with van der Waals surface area (Å²) in [7, 11) is 4.12. The van der Waals surface area contributed by atoms with Crippen molar-refractivity contribution in [2.45, 2.75) is 32.2 Å². The normalized spacial score (nSPS) is 23.6. The average Bonchev–Trinajstić information content (AvgIpc) is 2.68. The summed E-state index contributed by atoms with van der Waals surface area (Å²) in [6.45, 7) is 6.08. The largest absolute Gasteiger partial charge is 0.491 e. The molecular formula is C22H35N3O3. The summed E-state index contributed by atoms with van der Waals surface area (Å²) in [5, 5.41) is 8.94. The van der Waals surface area contributed by atoms with Crippen LogP contribution in [0.1, 0.15) is 31.2 Å². The van der Waals surface area contributed by atoms with E-state index in [1.807, 2.05) is 12.1 Å². The molecule has 0 saturated carbocycles. The van der Waals surface area contributed by atoms with Gasteiger partial charge in [0, 0.05) is 44.6 Å². The molecule has 1 atom stereocenters. The molecule has 2 aliphatic rings. The van der Waals surface area contributed by atoms with Crippen LogP contribution < -0.4 is 4.74 Å². The molecule has 0 bridgehead atoms. The summed E-state index contributed by atoms with van der Waals surface area (Å²) in [5.41, 5.74) is 1.48. The SMILES string of the molecule is CN(C)CCN1C[C@@]2(CCCN(Cc3cccc(OCCO)c3)C2)CCC1=O. The summed E-state index contributed by atoms with van der Waals surface area (Å²) >= 11 is 0. The van der Waals surface area contributed by atoms with Gasteiger partial charge in [-0.2, -0.15) is 0 Å². The lowest BCUT2D eigenvalue weighted by Crippen LogP contribution is -2.54. The van der Waals surface area contributed by atoms with Crippen molar-refractivity contribution in [2.75, 3.05) is 60.0 Å². The first-order valence-corrected chi connectivity index (χ1v) is 10.5. The summed E-state index contributed by atoms with van der Waals surface area (Å²) in [4.78, 5) is 19.2. The van der Waals surface area contributed by atoms with Gasteiger partial charge in [-0.05, 0) is 57.6 Å². The Labute approximate surface area is 169 Å². The summed E-state index contributed by atoms with van der Waals surface area (Å²) < 4.78 is 5.55. The van der Waals surface area contributed by atoms with E-state index in [1.165, 1.54) is 18.4 Å². The maximum absolute atomic E-state index is 12.4. The lowest BCUT2D eigenvalue weighted by atomic mass is 9.73. The number of benzene rings is 1. The van der Waals surface area contributed by atoms with Gasteiger partial charge >= 0.3 is 0 Å². The molecule has 0 aromatic heterocycles. The zero-order valence-electron chi connectivity index (χ0n) is 17.4. The van der Waals surface area contributed by atoms with Gasteiger partial charge in [-0.1, -0.05) is 12.1 Å². The van der Waals surface area contributed by atoms with E-state index in [1.54, 1.807) is 0 Å². The Morgan fingerprint density at radius 3 is 2.89 bits per heavy atom. The number of piperidine rings is 2. The quantitative estimate of drug-likeness (QED) is 0.735. The highest BCUT2D eigenvalue weighted by atomic mass is 16.5. The fourth-order valence-corrected chi connectivity index (χ4v) is 4.56. The van der Waals surface area contributed by atoms with Gasteiger partial charge in [-0.25, -0.2) is 0 Å². The molecule has 0 aliphatic carbocycles. The molecule has 1 aromatic rings. The molecule has 1 amide bonds. The Kier molecular flexibility index (Phi) is 7.32. The van der Waals surface area contributed by atoms with Gasteiger partial charge in [-0.15, -0.1) is 0 Å². The Balaban J connectivity index is 1.61. The number of likely N-dealkylation sites (N-methyl/N-ethyl adjacent to an activating group) is 1. The summed E-state index contributed by atoms with van der Waals surface area (Å²) in [6, 6.07) is 8.17. The van der Waals surface area contributed by atoms with E-state index in [9.17, 15) is 4.79 Å². The average molecular weight is 390 g/mol. The van der Waals surface area contributed by atoms with Crippen LogP contribution in [-0.4, -0.2) is 85.7 Å². The third-order valence-corrected chi connectivity index (χ3v) is 5.97. The molecule has 2 fully saturated rings. The Morgan fingerprint density at radius 1 is 1.25 bits per heavy atom. The number of hydrogen-bond acceptors (Lipinski definition) is 5. The molecule has 6 heteroatoms. The van der Waals surface area contributed by atoms with Crippen molar-refractivity contribution >= 4 is 5.91 Å². The highest BCUT2D eigenvalue weighted by Gasteiger charge is 2.41. The Morgan fingerprint density at radius 2 is 2.11 bits per heavy atom. The van der Waals surface area contributed by atoms with Gasteiger partial charge in [0.25, 0.3) is 0 Å². The van der Waals surface area contributed by atoms with Crippen LogP contribution in [0.15, 0.2) is 24.3 Å². The molecule has 2 aliphatic heterocycles. The van der Waals surface area contributed by atoms with Crippen molar-refractivity contribution in [1.82, 2.24) is 14.7 Å². The second kappa shape index (κ2) is 9.72. The third kappa shape index (κ3) is 5.69. The van der Waals surface area contributed by atoms with Crippen molar-refractivity contribution in [2.24, 2.45) is 5.41 Å². The van der Waals surface area contributed by atoms with Crippen molar-refractivity contribution in [3.63, 3.8) is 0 Å². The lowest BCUT2D eigenvalue weighted by molar-refractivity contribution is -0.139. The number of carbonyl (C=O) groups is 1. The van der Waals surface area contributed by atoms with Gasteiger partial charge in [-0.3, -0.25) is 9.69 Å². The predicted molar refractivity (Wildman–Crippen MR) is 110 cm³/mol. The van der Waals surface area contributed by atoms with Gasteiger partial charge in [0.1, 0.15) is 12.4 Å². The number of hydrogen-bond donors (Lipinski definition) is 1. The second-order valence-corrected chi connectivity index (χ2v) is 8.65. The van der Waals surface area contributed by atoms with E-state index < -0.39 is 0 Å². The molecule has 3 rings (SSSR count). The van der Waals surface area contributed by atoms with Crippen LogP contribution in [0.4, 0.5) is 0 Å². The van der Waals surface area contributed by atoms with E-state index in [4.69, 9.17) is 9.84 Å². The summed E-state index contributed by atoms with van der Waals surface area (Å²) in [6.07, 6.45) is 4.11. The second-order valence-electron chi connectivity index (χ2n) is 8.65. The monoisotopic (exact) mass is 389 g/mol. The van der Waals surface area contributed by atoms with Gasteiger partial charge in [0.2, 0.25) is 5.91 Å². The number of amides is 1. The van der Waals surface area contributed by atoms with Crippen LogP contribution in [0.3, 0.4) is 0 Å². The Bertz CT molecular complexity index is 652. The van der Waals surface area contributed by atoms with Crippen LogP contribution in [0.2, 0.25) is 0 Å². The number of aliphatic hydroxyl groups is 1. The number of carbonyl (C=O) groups excluding carboxylic acids is 1. The predicted octanol–water partition coefficient (Wildman–Crippen LogP) is 1.82. The van der Waals surface area contributed by atoms with Gasteiger partial charge in [0.15, 0.2) is 0 Å². The molecule has 28 heavy (non-hydrogen) atoms. The van der Waals surface area contributed by atoms with Gasteiger partial charge in [0.05, 0.1) is 6.61 Å². The van der Waals surface area contributed by atoms with Crippen molar-refractivity contribution < 1.29 is 14.6 Å². The van der Waals surface area contributed by atoms with E-state index in [-0.39, 0.29) is 12.0 Å². The molecule has 1 spiro atoms. The number of nitrogens with zero attached hydrogens (tertiary/aromatic N) is 3. The first-order valence-electron chi connectivity index (χ1n) is 10.5. The van der Waals surface area contributed by atoms with Crippen molar-refractivity contribution in [3.8, 4) is 5.75 Å². The third-order valence-electron chi connectivity index (χ3n) is 5.97. The van der Waals surface area contributed by atoms with Gasteiger partial charge < -0.3 is 19.6 Å². The molecule has 156 valence electrons. The van der Waals surface area contributed by atoms with E-state index in [0.717, 1.165) is 51.4 Å². The Hall–Kier alpha value is -1.63. The van der Waals surface area contributed by atoms with Crippen LogP contribution in [0.5, 0.6) is 5.75 Å². The van der Waals surface area contributed by atoms with Crippen LogP contribution >= 0.6 is 0 Å². The smallest absolute Gasteiger partial charge is 0.222 e. The maximum atomic E-state index is 12.4. The number of rotatable bonds is 8. The molecule has 2 saturated heterocycles. The molecule has 0 radical (unpaired) electrons. The fraction of sp³-hybridized carbons (Fsp3) is 0.682. The van der Waals surface area contributed by atoms with Crippen LogP contribution in [-0.2, 0) is 11.3 Å². The van der Waals surface area contributed by atoms with Crippen LogP contribution in [0, 0.1) is 5.41 Å². The zero-order valence-corrected chi connectivity index (χ0v) is 17.4. The lowest BCUT2D eigenvalue weighted by Gasteiger charge is -2.48. The molecule has 2 heterocycles. The van der Waals surface area contributed by atoms with Crippen molar-refractivity contribution in [3.05, 3.63) is 29.8 Å². The van der Waals surface area contributed by atoms with E-state index in [0.29, 0.717) is 18.9 Å². The number of likely N-dealkylation sites (tertiary alicyclic amines) is 2. The maximum Gasteiger partial charge on any atom is 0.222 e. The minimum Gasteiger partial charge on any atom is -0.491 e. The molecule has 6 nitrogen and oxygen atoms in total. The van der Waals surface area contributed by atoms with Crippen LogP contribution in [0.25, 0.3) is 0 Å². The zero-order chi connectivity index (χ0) is 20.0. The van der Waals surface area contributed by atoms with E-state index in [2.05, 4.69) is 40.9 Å². The molecule has 1 N–H and O–H groups in total. The highest BCUT2D eigenvalue weighted by Crippen LogP contribution is 2.39. The van der Waals surface area contributed by atoms with E-state index >= 15 is 0 Å². The number of aliphatic hydroxyl groups excluding tert-OH is 1.